The molecule has 0 spiro atoms. The van der Waals surface area contributed by atoms with Gasteiger partial charge in [-0.05, 0) is 35.9 Å². The first-order chi connectivity index (χ1) is 11.1. The zero-order valence-electron chi connectivity index (χ0n) is 12.4. The largest absolute Gasteiger partial charge is 0.497 e. The number of ether oxygens (including phenoxy) is 1. The Kier molecular flexibility index (Phi) is 4.25. The molecule has 1 aliphatic heterocycles. The highest BCUT2D eigenvalue weighted by atomic mass is 32.2. The molecule has 3 rings (SSSR count). The molecule has 1 amide bonds. The van der Waals surface area contributed by atoms with Crippen LogP contribution in [0.15, 0.2) is 48.5 Å². The molecule has 1 heterocycles. The Bertz CT molecular complexity index is 745. The van der Waals surface area contributed by atoms with Gasteiger partial charge in [-0.1, -0.05) is 18.2 Å². The lowest BCUT2D eigenvalue weighted by Gasteiger charge is -2.24. The minimum absolute atomic E-state index is 0.0293. The highest BCUT2D eigenvalue weighted by Crippen LogP contribution is 2.42. The van der Waals surface area contributed by atoms with E-state index in [2.05, 4.69) is 0 Å². The maximum atomic E-state index is 12.3. The van der Waals surface area contributed by atoms with Crippen molar-refractivity contribution in [3.05, 3.63) is 59.7 Å². The number of aromatic carboxylic acids is 1. The number of carboxylic acids is 1. The predicted octanol–water partition coefficient (Wildman–Crippen LogP) is 3.17. The smallest absolute Gasteiger partial charge is 0.335 e. The second-order valence-corrected chi connectivity index (χ2v) is 6.12. The molecule has 0 saturated carbocycles. The Balaban J connectivity index is 1.96. The highest BCUT2D eigenvalue weighted by molar-refractivity contribution is 8.00. The number of carbonyl (C=O) groups excluding carboxylic acids is 1. The number of rotatable bonds is 4. The maximum absolute atomic E-state index is 12.3. The summed E-state index contributed by atoms with van der Waals surface area (Å²) in [6.45, 7) is 0. The highest BCUT2D eigenvalue weighted by Gasteiger charge is 2.34. The van der Waals surface area contributed by atoms with E-state index in [1.807, 2.05) is 24.3 Å². The number of hydrogen-bond acceptors (Lipinski definition) is 4. The number of anilines is 1. The minimum Gasteiger partial charge on any atom is -0.497 e. The zero-order chi connectivity index (χ0) is 16.4. The topological polar surface area (TPSA) is 66.8 Å². The molecule has 1 saturated heterocycles. The van der Waals surface area contributed by atoms with Gasteiger partial charge in [0.15, 0.2) is 0 Å². The van der Waals surface area contributed by atoms with E-state index in [1.165, 1.54) is 23.9 Å². The molecule has 0 unspecified atom stereocenters. The molecule has 0 radical (unpaired) electrons. The van der Waals surface area contributed by atoms with Crippen LogP contribution in [0.5, 0.6) is 5.75 Å². The summed E-state index contributed by atoms with van der Waals surface area (Å²) in [6, 6.07) is 14.0. The number of carboxylic acid groups (broad SMARTS) is 1. The molecule has 6 heteroatoms. The number of carbonyl (C=O) groups is 2. The fraction of sp³-hybridized carbons (Fsp3) is 0.176. The molecule has 1 N–H and O–H groups in total. The van der Waals surface area contributed by atoms with Crippen LogP contribution in [-0.4, -0.2) is 29.8 Å². The van der Waals surface area contributed by atoms with Gasteiger partial charge >= 0.3 is 5.97 Å². The van der Waals surface area contributed by atoms with Gasteiger partial charge in [0.05, 0.1) is 18.4 Å². The van der Waals surface area contributed by atoms with Crippen molar-refractivity contribution in [3.63, 3.8) is 0 Å². The Morgan fingerprint density at radius 3 is 2.65 bits per heavy atom. The van der Waals surface area contributed by atoms with Gasteiger partial charge in [-0.15, -0.1) is 11.8 Å². The van der Waals surface area contributed by atoms with Gasteiger partial charge in [0.25, 0.3) is 0 Å². The SMILES string of the molecule is COc1ccc([C@@H]2SCC(=O)N2c2cccc(C(=O)O)c2)cc1. The van der Waals surface area contributed by atoms with Crippen LogP contribution in [0.1, 0.15) is 21.3 Å². The third-order valence-electron chi connectivity index (χ3n) is 3.64. The average molecular weight is 329 g/mol. The quantitative estimate of drug-likeness (QED) is 0.933. The Morgan fingerprint density at radius 2 is 2.00 bits per heavy atom. The molecule has 1 aliphatic rings. The Morgan fingerprint density at radius 1 is 1.26 bits per heavy atom. The van der Waals surface area contributed by atoms with Gasteiger partial charge in [0.2, 0.25) is 5.91 Å². The number of benzene rings is 2. The number of methoxy groups -OCH3 is 1. The van der Waals surface area contributed by atoms with E-state index in [0.717, 1.165) is 11.3 Å². The summed E-state index contributed by atoms with van der Waals surface area (Å²) in [5.41, 5.74) is 1.74. The Labute approximate surface area is 137 Å². The molecule has 1 fully saturated rings. The Hall–Kier alpha value is -2.47. The van der Waals surface area contributed by atoms with E-state index in [-0.39, 0.29) is 16.8 Å². The van der Waals surface area contributed by atoms with Gasteiger partial charge in [-0.2, -0.15) is 0 Å². The van der Waals surface area contributed by atoms with E-state index >= 15 is 0 Å². The summed E-state index contributed by atoms with van der Waals surface area (Å²) < 4.78 is 5.15. The summed E-state index contributed by atoms with van der Waals surface area (Å²) in [4.78, 5) is 25.1. The standard InChI is InChI=1S/C17H15NO4S/c1-22-14-7-5-11(6-8-14)16-18(15(19)10-23-16)13-4-2-3-12(9-13)17(20)21/h2-9,16H,10H2,1H3,(H,20,21)/t16-/m0/s1. The number of amides is 1. The van der Waals surface area contributed by atoms with Crippen LogP contribution in [0.3, 0.4) is 0 Å². The summed E-state index contributed by atoms with van der Waals surface area (Å²) in [6.07, 6.45) is 0. The molecule has 1 atom stereocenters. The molecule has 2 aromatic carbocycles. The van der Waals surface area contributed by atoms with Gasteiger partial charge in [-0.25, -0.2) is 4.79 Å². The lowest BCUT2D eigenvalue weighted by atomic mass is 10.1. The fourth-order valence-corrected chi connectivity index (χ4v) is 3.68. The van der Waals surface area contributed by atoms with Crippen molar-refractivity contribution in [2.45, 2.75) is 5.37 Å². The van der Waals surface area contributed by atoms with Crippen molar-refractivity contribution in [3.8, 4) is 5.75 Å². The van der Waals surface area contributed by atoms with Crippen LogP contribution < -0.4 is 9.64 Å². The van der Waals surface area contributed by atoms with Gasteiger partial charge in [-0.3, -0.25) is 9.69 Å². The van der Waals surface area contributed by atoms with Crippen LogP contribution in [0, 0.1) is 0 Å². The molecule has 2 aromatic rings. The minimum atomic E-state index is -1.01. The fourth-order valence-electron chi connectivity index (χ4n) is 2.51. The van der Waals surface area contributed by atoms with Gasteiger partial charge in [0, 0.05) is 5.69 Å². The number of hydrogen-bond donors (Lipinski definition) is 1. The first kappa shape index (κ1) is 15.4. The molecule has 0 bridgehead atoms. The van der Waals surface area contributed by atoms with Gasteiger partial charge < -0.3 is 9.84 Å². The van der Waals surface area contributed by atoms with Crippen LogP contribution in [-0.2, 0) is 4.79 Å². The average Bonchev–Trinajstić information content (AvgIpc) is 2.96. The first-order valence-electron chi connectivity index (χ1n) is 7.01. The van der Waals surface area contributed by atoms with E-state index < -0.39 is 5.97 Å². The first-order valence-corrected chi connectivity index (χ1v) is 8.06. The lowest BCUT2D eigenvalue weighted by molar-refractivity contribution is -0.115. The van der Waals surface area contributed by atoms with Crippen molar-refractivity contribution in [1.29, 1.82) is 0 Å². The van der Waals surface area contributed by atoms with E-state index in [9.17, 15) is 9.59 Å². The normalized spacial score (nSPS) is 17.3. The number of nitrogens with zero attached hydrogens (tertiary/aromatic N) is 1. The van der Waals surface area contributed by atoms with Crippen LogP contribution >= 0.6 is 11.8 Å². The van der Waals surface area contributed by atoms with E-state index in [1.54, 1.807) is 24.1 Å². The molecule has 0 aliphatic carbocycles. The van der Waals surface area contributed by atoms with Crippen molar-refractivity contribution >= 4 is 29.3 Å². The number of thioether (sulfide) groups is 1. The lowest BCUT2D eigenvalue weighted by Crippen LogP contribution is -2.28. The zero-order valence-corrected chi connectivity index (χ0v) is 13.2. The molecular weight excluding hydrogens is 314 g/mol. The monoisotopic (exact) mass is 329 g/mol. The summed E-state index contributed by atoms with van der Waals surface area (Å²) in [7, 11) is 1.60. The van der Waals surface area contributed by atoms with Crippen molar-refractivity contribution in [2.75, 3.05) is 17.8 Å². The maximum Gasteiger partial charge on any atom is 0.335 e. The second kappa shape index (κ2) is 6.34. The molecule has 118 valence electrons. The molecule has 5 nitrogen and oxygen atoms in total. The van der Waals surface area contributed by atoms with Crippen LogP contribution in [0.4, 0.5) is 5.69 Å². The van der Waals surface area contributed by atoms with Gasteiger partial charge in [0.1, 0.15) is 11.1 Å². The third-order valence-corrected chi connectivity index (χ3v) is 4.85. The van der Waals surface area contributed by atoms with Crippen LogP contribution in [0.25, 0.3) is 0 Å². The summed E-state index contributed by atoms with van der Waals surface area (Å²) >= 11 is 1.52. The van der Waals surface area contributed by atoms with Crippen molar-refractivity contribution in [1.82, 2.24) is 0 Å². The van der Waals surface area contributed by atoms with Crippen molar-refractivity contribution in [2.24, 2.45) is 0 Å². The molecule has 23 heavy (non-hydrogen) atoms. The van der Waals surface area contributed by atoms with Crippen molar-refractivity contribution < 1.29 is 19.4 Å². The summed E-state index contributed by atoms with van der Waals surface area (Å²) in [5, 5.41) is 8.97. The van der Waals surface area contributed by atoms with E-state index in [4.69, 9.17) is 9.84 Å². The van der Waals surface area contributed by atoms with Crippen LogP contribution in [0.2, 0.25) is 0 Å². The molecular formula is C17H15NO4S. The van der Waals surface area contributed by atoms with E-state index in [0.29, 0.717) is 11.4 Å². The predicted molar refractivity (Wildman–Crippen MR) is 89.1 cm³/mol. The summed E-state index contributed by atoms with van der Waals surface area (Å²) in [5.74, 6) is 0.0848. The third kappa shape index (κ3) is 3.03. The molecule has 0 aromatic heterocycles. The second-order valence-electron chi connectivity index (χ2n) is 5.06.